The van der Waals surface area contributed by atoms with Gasteiger partial charge in [0.1, 0.15) is 0 Å². The van der Waals surface area contributed by atoms with Crippen molar-refractivity contribution in [1.82, 2.24) is 4.90 Å². The fraction of sp³-hybridized carbons (Fsp3) is 0.833. The van der Waals surface area contributed by atoms with Gasteiger partial charge in [0.25, 0.3) is 0 Å². The number of unbranched alkanes of at least 4 members (excludes halogenated alkanes) is 2. The highest BCUT2D eigenvalue weighted by atomic mass is 16.4. The minimum atomic E-state index is -0.988. The Hall–Kier alpha value is -1.10. The minimum absolute atomic E-state index is 0.371. The third kappa shape index (κ3) is 4.00. The van der Waals surface area contributed by atoms with Crippen molar-refractivity contribution >= 4 is 11.9 Å². The van der Waals surface area contributed by atoms with E-state index in [9.17, 15) is 9.59 Å². The molecule has 1 saturated heterocycles. The molecule has 1 aliphatic rings. The van der Waals surface area contributed by atoms with Crippen molar-refractivity contribution in [3.8, 4) is 0 Å². The number of piperidine rings is 1. The first-order valence-corrected chi connectivity index (χ1v) is 6.24. The van der Waals surface area contributed by atoms with Crippen LogP contribution in [0.3, 0.4) is 0 Å². The van der Waals surface area contributed by atoms with Gasteiger partial charge in [0.2, 0.25) is 0 Å². The molecule has 2 atom stereocenters. The number of nitrogens with zero attached hydrogens (tertiary/aromatic N) is 1. The summed E-state index contributed by atoms with van der Waals surface area (Å²) in [5.74, 6) is -3.46. The molecule has 5 nitrogen and oxygen atoms in total. The Labute approximate surface area is 101 Å². The Kier molecular flexibility index (Phi) is 5.41. The topological polar surface area (TPSA) is 77.8 Å². The van der Waals surface area contributed by atoms with E-state index >= 15 is 0 Å². The first-order valence-electron chi connectivity index (χ1n) is 6.24. The molecular weight excluding hydrogens is 222 g/mol. The molecule has 1 heterocycles. The summed E-state index contributed by atoms with van der Waals surface area (Å²) >= 11 is 0. The van der Waals surface area contributed by atoms with Gasteiger partial charge in [-0.3, -0.25) is 9.59 Å². The second-order valence-electron chi connectivity index (χ2n) is 4.69. The maximum Gasteiger partial charge on any atom is 0.308 e. The lowest BCUT2D eigenvalue weighted by atomic mass is 9.85. The molecule has 0 aromatic carbocycles. The highest BCUT2D eigenvalue weighted by molar-refractivity contribution is 5.80. The van der Waals surface area contributed by atoms with E-state index < -0.39 is 23.8 Å². The van der Waals surface area contributed by atoms with E-state index in [2.05, 4.69) is 11.8 Å². The summed E-state index contributed by atoms with van der Waals surface area (Å²) in [6, 6.07) is 0. The van der Waals surface area contributed by atoms with Gasteiger partial charge < -0.3 is 15.1 Å². The fourth-order valence-corrected chi connectivity index (χ4v) is 2.35. The number of rotatable bonds is 6. The van der Waals surface area contributed by atoms with Gasteiger partial charge in [-0.2, -0.15) is 0 Å². The van der Waals surface area contributed by atoms with Crippen LogP contribution >= 0.6 is 0 Å². The molecule has 0 radical (unpaired) electrons. The van der Waals surface area contributed by atoms with Crippen molar-refractivity contribution in [2.75, 3.05) is 19.6 Å². The first-order chi connectivity index (χ1) is 8.06. The van der Waals surface area contributed by atoms with E-state index in [0.717, 1.165) is 25.8 Å². The molecule has 1 fully saturated rings. The number of carboxylic acid groups (broad SMARTS) is 2. The Bertz CT molecular complexity index is 280. The normalized spacial score (nSPS) is 25.7. The SMILES string of the molecule is CCCCCN1CCC(C(=O)O)C(C(=O)O)C1. The van der Waals surface area contributed by atoms with Gasteiger partial charge in [-0.05, 0) is 25.9 Å². The molecule has 2 N–H and O–H groups in total. The number of hydrogen-bond acceptors (Lipinski definition) is 3. The van der Waals surface area contributed by atoms with E-state index in [1.165, 1.54) is 0 Å². The van der Waals surface area contributed by atoms with Crippen LogP contribution in [0.25, 0.3) is 0 Å². The molecule has 1 rings (SSSR count). The van der Waals surface area contributed by atoms with Gasteiger partial charge in [0, 0.05) is 6.54 Å². The standard InChI is InChI=1S/C12H21NO4/c1-2-3-4-6-13-7-5-9(11(14)15)10(8-13)12(16)17/h9-10H,2-8H2,1H3,(H,14,15)(H,16,17). The van der Waals surface area contributed by atoms with Crippen molar-refractivity contribution in [3.05, 3.63) is 0 Å². The fourth-order valence-electron chi connectivity index (χ4n) is 2.35. The number of hydrogen-bond donors (Lipinski definition) is 2. The highest BCUT2D eigenvalue weighted by Gasteiger charge is 2.38. The van der Waals surface area contributed by atoms with E-state index in [4.69, 9.17) is 10.2 Å². The van der Waals surface area contributed by atoms with Crippen molar-refractivity contribution < 1.29 is 19.8 Å². The molecule has 5 heteroatoms. The maximum absolute atomic E-state index is 11.1. The predicted molar refractivity (Wildman–Crippen MR) is 62.8 cm³/mol. The van der Waals surface area contributed by atoms with Crippen LogP contribution in [-0.2, 0) is 9.59 Å². The number of aliphatic carboxylic acids is 2. The zero-order valence-electron chi connectivity index (χ0n) is 10.3. The number of carbonyl (C=O) groups is 2. The van der Waals surface area contributed by atoms with E-state index in [0.29, 0.717) is 19.5 Å². The van der Waals surface area contributed by atoms with Crippen LogP contribution in [0.2, 0.25) is 0 Å². The molecule has 17 heavy (non-hydrogen) atoms. The molecule has 0 amide bonds. The van der Waals surface area contributed by atoms with E-state index in [1.54, 1.807) is 0 Å². The molecule has 0 aromatic rings. The van der Waals surface area contributed by atoms with Crippen molar-refractivity contribution in [3.63, 3.8) is 0 Å². The Morgan fingerprint density at radius 3 is 2.35 bits per heavy atom. The van der Waals surface area contributed by atoms with Crippen molar-refractivity contribution in [1.29, 1.82) is 0 Å². The van der Waals surface area contributed by atoms with Gasteiger partial charge >= 0.3 is 11.9 Å². The zero-order chi connectivity index (χ0) is 12.8. The molecule has 0 aliphatic carbocycles. The Morgan fingerprint density at radius 2 is 1.82 bits per heavy atom. The summed E-state index contributed by atoms with van der Waals surface area (Å²) in [6.07, 6.45) is 3.77. The Morgan fingerprint density at radius 1 is 1.18 bits per heavy atom. The van der Waals surface area contributed by atoms with E-state index in [1.807, 2.05) is 0 Å². The molecule has 0 bridgehead atoms. The van der Waals surface area contributed by atoms with Crippen LogP contribution in [0.15, 0.2) is 0 Å². The van der Waals surface area contributed by atoms with Crippen molar-refractivity contribution in [2.24, 2.45) is 11.8 Å². The van der Waals surface area contributed by atoms with Crippen LogP contribution in [0.1, 0.15) is 32.6 Å². The number of carboxylic acids is 2. The van der Waals surface area contributed by atoms with Crippen LogP contribution in [-0.4, -0.2) is 46.7 Å². The van der Waals surface area contributed by atoms with Gasteiger partial charge in [0.15, 0.2) is 0 Å². The maximum atomic E-state index is 11.1. The van der Waals surface area contributed by atoms with Gasteiger partial charge in [-0.25, -0.2) is 0 Å². The van der Waals surface area contributed by atoms with Crippen molar-refractivity contribution in [2.45, 2.75) is 32.6 Å². The smallest absolute Gasteiger partial charge is 0.308 e. The van der Waals surface area contributed by atoms with Gasteiger partial charge in [-0.15, -0.1) is 0 Å². The second-order valence-corrected chi connectivity index (χ2v) is 4.69. The lowest BCUT2D eigenvalue weighted by Crippen LogP contribution is -2.46. The minimum Gasteiger partial charge on any atom is -0.481 e. The monoisotopic (exact) mass is 243 g/mol. The first kappa shape index (κ1) is 14.0. The van der Waals surface area contributed by atoms with Gasteiger partial charge in [0.05, 0.1) is 11.8 Å². The van der Waals surface area contributed by atoms with Crippen LogP contribution < -0.4 is 0 Å². The molecule has 0 saturated carbocycles. The average molecular weight is 243 g/mol. The quantitative estimate of drug-likeness (QED) is 0.687. The summed E-state index contributed by atoms with van der Waals surface area (Å²) in [5.41, 5.74) is 0. The number of likely N-dealkylation sites (tertiary alicyclic amines) is 1. The zero-order valence-corrected chi connectivity index (χ0v) is 10.3. The molecule has 98 valence electrons. The second kappa shape index (κ2) is 6.59. The summed E-state index contributed by atoms with van der Waals surface area (Å²) < 4.78 is 0. The molecule has 1 aliphatic heterocycles. The lowest BCUT2D eigenvalue weighted by molar-refractivity contribution is -0.157. The Balaban J connectivity index is 2.50. The summed E-state index contributed by atoms with van der Waals surface area (Å²) in [6.45, 7) is 4.07. The molecule has 2 unspecified atom stereocenters. The van der Waals surface area contributed by atoms with E-state index in [-0.39, 0.29) is 0 Å². The van der Waals surface area contributed by atoms with Crippen LogP contribution in [0.5, 0.6) is 0 Å². The summed E-state index contributed by atoms with van der Waals surface area (Å²) in [7, 11) is 0. The summed E-state index contributed by atoms with van der Waals surface area (Å²) in [4.78, 5) is 24.1. The third-order valence-electron chi connectivity index (χ3n) is 3.41. The van der Waals surface area contributed by atoms with Gasteiger partial charge in [-0.1, -0.05) is 19.8 Å². The average Bonchev–Trinajstić information content (AvgIpc) is 2.29. The molecule has 0 spiro atoms. The lowest BCUT2D eigenvalue weighted by Gasteiger charge is -2.34. The largest absolute Gasteiger partial charge is 0.481 e. The third-order valence-corrected chi connectivity index (χ3v) is 3.41. The summed E-state index contributed by atoms with van der Waals surface area (Å²) in [5, 5.41) is 18.0. The van der Waals surface area contributed by atoms with Crippen LogP contribution in [0, 0.1) is 11.8 Å². The van der Waals surface area contributed by atoms with Crippen LogP contribution in [0.4, 0.5) is 0 Å². The highest BCUT2D eigenvalue weighted by Crippen LogP contribution is 2.24. The molecular formula is C12H21NO4. The molecule has 0 aromatic heterocycles. The predicted octanol–water partition coefficient (Wildman–Crippen LogP) is 1.28.